The van der Waals surface area contributed by atoms with E-state index < -0.39 is 14.6 Å². The molecule has 1 fully saturated rings. The quantitative estimate of drug-likeness (QED) is 0.544. The summed E-state index contributed by atoms with van der Waals surface area (Å²) in [6, 6.07) is 9.86. The number of hydrogen-bond acceptors (Lipinski definition) is 7. The topological polar surface area (TPSA) is 114 Å². The average molecular weight is 472 g/mol. The number of ether oxygens (including phenoxy) is 1. The first-order chi connectivity index (χ1) is 15.6. The lowest BCUT2D eigenvalue weighted by Crippen LogP contribution is -2.45. The van der Waals surface area contributed by atoms with E-state index in [4.69, 9.17) is 20.4 Å². The molecule has 0 spiro atoms. The molecule has 8 nitrogen and oxygen atoms in total. The summed E-state index contributed by atoms with van der Waals surface area (Å²) < 4.78 is 29.9. The molecule has 1 aliphatic heterocycles. The van der Waals surface area contributed by atoms with E-state index in [1.165, 1.54) is 6.26 Å². The first-order valence-corrected chi connectivity index (χ1v) is 13.3. The zero-order chi connectivity index (χ0) is 23.8. The number of H-pyrrole nitrogens is 1. The van der Waals surface area contributed by atoms with E-state index in [1.54, 1.807) is 13.8 Å². The van der Waals surface area contributed by atoms with Gasteiger partial charge >= 0.3 is 0 Å². The molecule has 0 aromatic carbocycles. The molecule has 0 saturated carbocycles. The van der Waals surface area contributed by atoms with Gasteiger partial charge in [0.2, 0.25) is 0 Å². The Hall–Kier alpha value is -2.49. The summed E-state index contributed by atoms with van der Waals surface area (Å²) in [5.41, 5.74) is 10.6. The first-order valence-electron chi connectivity index (χ1n) is 11.4. The Balaban J connectivity index is 1.86. The number of aromatic amines is 1. The highest BCUT2D eigenvalue weighted by atomic mass is 32.2. The lowest BCUT2D eigenvalue weighted by atomic mass is 10.0. The molecule has 0 unspecified atom stereocenters. The van der Waals surface area contributed by atoms with Gasteiger partial charge in [0.15, 0.2) is 9.84 Å². The fourth-order valence-electron chi connectivity index (χ4n) is 4.15. The van der Waals surface area contributed by atoms with Gasteiger partial charge in [0, 0.05) is 18.5 Å². The maximum atomic E-state index is 12.7. The maximum absolute atomic E-state index is 12.7. The molecule has 4 heterocycles. The predicted octanol–water partition coefficient (Wildman–Crippen LogP) is 3.02. The van der Waals surface area contributed by atoms with E-state index in [9.17, 15) is 8.42 Å². The molecule has 1 aliphatic rings. The normalized spacial score (nSPS) is 17.6. The van der Waals surface area contributed by atoms with Gasteiger partial charge in [-0.2, -0.15) is 0 Å². The Bertz CT molecular complexity index is 1250. The minimum absolute atomic E-state index is 0.189. The van der Waals surface area contributed by atoms with Crippen LogP contribution in [0, 0.1) is 0 Å². The smallest absolute Gasteiger partial charge is 0.156 e. The summed E-state index contributed by atoms with van der Waals surface area (Å²) in [6.45, 7) is 8.12. The van der Waals surface area contributed by atoms with Crippen LogP contribution in [-0.4, -0.2) is 62.0 Å². The number of fused-ring (bicyclic) bond motifs is 1. The van der Waals surface area contributed by atoms with Crippen LogP contribution in [0.2, 0.25) is 0 Å². The molecule has 178 valence electrons. The van der Waals surface area contributed by atoms with Gasteiger partial charge in [0.25, 0.3) is 0 Å². The molecule has 0 amide bonds. The van der Waals surface area contributed by atoms with E-state index in [-0.39, 0.29) is 6.04 Å². The van der Waals surface area contributed by atoms with E-state index in [0.29, 0.717) is 43.3 Å². The van der Waals surface area contributed by atoms with Gasteiger partial charge in [-0.25, -0.2) is 18.4 Å². The second-order valence-electron chi connectivity index (χ2n) is 9.17. The number of rotatable bonds is 7. The summed E-state index contributed by atoms with van der Waals surface area (Å²) >= 11 is 0. The van der Waals surface area contributed by atoms with Gasteiger partial charge in [0.1, 0.15) is 5.82 Å². The van der Waals surface area contributed by atoms with Gasteiger partial charge in [-0.3, -0.25) is 0 Å². The van der Waals surface area contributed by atoms with Gasteiger partial charge in [-0.1, -0.05) is 6.92 Å². The van der Waals surface area contributed by atoms with Crippen molar-refractivity contribution in [1.82, 2.24) is 15.0 Å². The Labute approximate surface area is 195 Å². The van der Waals surface area contributed by atoms with Crippen LogP contribution in [0.25, 0.3) is 22.4 Å². The standard InChI is InChI=1S/C24H33N5O3S/c1-5-18-15-32-11-10-29(18)23-13-16(24(2,3)33(4,30)31)12-21(28-23)20-7-6-19-22(27-20)14-17(26-19)8-9-25/h6-7,12-14,18,26H,5,8-11,15,25H2,1-4H3/t18-/m0/s1. The van der Waals surface area contributed by atoms with E-state index in [2.05, 4.69) is 16.8 Å². The van der Waals surface area contributed by atoms with Gasteiger partial charge in [-0.05, 0) is 69.1 Å². The molecule has 3 aromatic heterocycles. The SMILES string of the molecule is CC[C@H]1COCCN1c1cc(C(C)(C)S(C)(=O)=O)cc(-c2ccc3[nH]c(CCN)cc3n2)n1. The van der Waals surface area contributed by atoms with E-state index >= 15 is 0 Å². The van der Waals surface area contributed by atoms with Crippen LogP contribution in [0.3, 0.4) is 0 Å². The molecular formula is C24H33N5O3S. The Kier molecular flexibility index (Phi) is 6.48. The number of aromatic nitrogens is 3. The molecule has 0 bridgehead atoms. The lowest BCUT2D eigenvalue weighted by molar-refractivity contribution is 0.0925. The summed E-state index contributed by atoms with van der Waals surface area (Å²) in [5, 5.41) is 0. The van der Waals surface area contributed by atoms with Crippen molar-refractivity contribution < 1.29 is 13.2 Å². The minimum atomic E-state index is -3.37. The Morgan fingerprint density at radius 1 is 1.21 bits per heavy atom. The molecule has 3 N–H and O–H groups in total. The maximum Gasteiger partial charge on any atom is 0.156 e. The number of pyridine rings is 2. The van der Waals surface area contributed by atoms with Gasteiger partial charge in [0.05, 0.1) is 46.4 Å². The van der Waals surface area contributed by atoms with Crippen LogP contribution in [0.5, 0.6) is 0 Å². The Morgan fingerprint density at radius 3 is 2.70 bits per heavy atom. The second kappa shape index (κ2) is 9.04. The van der Waals surface area contributed by atoms with Crippen LogP contribution in [0.15, 0.2) is 30.3 Å². The first kappa shape index (κ1) is 23.7. The summed E-state index contributed by atoms with van der Waals surface area (Å²) in [6.07, 6.45) is 2.94. The zero-order valence-electron chi connectivity index (χ0n) is 19.8. The number of anilines is 1. The molecular weight excluding hydrogens is 438 g/mol. The largest absolute Gasteiger partial charge is 0.377 e. The molecule has 3 aromatic rings. The number of nitrogens with zero attached hydrogens (tertiary/aromatic N) is 3. The molecule has 1 atom stereocenters. The number of nitrogens with two attached hydrogens (primary N) is 1. The third kappa shape index (κ3) is 4.62. The molecule has 4 rings (SSSR count). The van der Waals surface area contributed by atoms with Crippen LogP contribution < -0.4 is 10.6 Å². The molecule has 0 radical (unpaired) electrons. The van der Waals surface area contributed by atoms with Crippen molar-refractivity contribution in [1.29, 1.82) is 0 Å². The monoisotopic (exact) mass is 471 g/mol. The predicted molar refractivity (Wildman–Crippen MR) is 132 cm³/mol. The molecule has 0 aliphatic carbocycles. The van der Waals surface area contributed by atoms with Crippen LogP contribution in [-0.2, 0) is 25.7 Å². The fraction of sp³-hybridized carbons (Fsp3) is 0.500. The average Bonchev–Trinajstić information content (AvgIpc) is 3.20. The van der Waals surface area contributed by atoms with Crippen molar-refractivity contribution in [2.75, 3.05) is 37.5 Å². The number of morpholine rings is 1. The summed E-state index contributed by atoms with van der Waals surface area (Å²) in [4.78, 5) is 15.4. The van der Waals surface area contributed by atoms with Crippen LogP contribution >= 0.6 is 0 Å². The number of sulfone groups is 1. The van der Waals surface area contributed by atoms with Gasteiger partial charge in [-0.15, -0.1) is 0 Å². The number of hydrogen-bond donors (Lipinski definition) is 2. The van der Waals surface area contributed by atoms with Crippen LogP contribution in [0.4, 0.5) is 5.82 Å². The fourth-order valence-corrected chi connectivity index (χ4v) is 4.69. The highest BCUT2D eigenvalue weighted by molar-refractivity contribution is 7.91. The van der Waals surface area contributed by atoms with Crippen molar-refractivity contribution in [3.8, 4) is 11.4 Å². The van der Waals surface area contributed by atoms with E-state index in [1.807, 2.05) is 30.3 Å². The molecule has 33 heavy (non-hydrogen) atoms. The molecule has 9 heteroatoms. The third-order valence-electron chi connectivity index (χ3n) is 6.63. The second-order valence-corrected chi connectivity index (χ2v) is 11.7. The van der Waals surface area contributed by atoms with Crippen molar-refractivity contribution in [2.45, 2.75) is 44.4 Å². The minimum Gasteiger partial charge on any atom is -0.377 e. The highest BCUT2D eigenvalue weighted by Gasteiger charge is 2.34. The van der Waals surface area contributed by atoms with Crippen molar-refractivity contribution in [3.63, 3.8) is 0 Å². The van der Waals surface area contributed by atoms with Crippen LogP contribution in [0.1, 0.15) is 38.4 Å². The van der Waals surface area contributed by atoms with E-state index in [0.717, 1.165) is 35.4 Å². The van der Waals surface area contributed by atoms with Crippen molar-refractivity contribution >= 4 is 26.7 Å². The lowest BCUT2D eigenvalue weighted by Gasteiger charge is -2.37. The third-order valence-corrected chi connectivity index (χ3v) is 8.72. The summed E-state index contributed by atoms with van der Waals surface area (Å²) in [7, 11) is -3.37. The van der Waals surface area contributed by atoms with Crippen molar-refractivity contribution in [3.05, 3.63) is 41.6 Å². The summed E-state index contributed by atoms with van der Waals surface area (Å²) in [5.74, 6) is 0.758. The van der Waals surface area contributed by atoms with Gasteiger partial charge < -0.3 is 20.4 Å². The number of nitrogens with one attached hydrogen (secondary N) is 1. The zero-order valence-corrected chi connectivity index (χ0v) is 20.6. The van der Waals surface area contributed by atoms with Crippen molar-refractivity contribution in [2.24, 2.45) is 5.73 Å². The molecule has 1 saturated heterocycles. The highest BCUT2D eigenvalue weighted by Crippen LogP contribution is 2.35. The Morgan fingerprint density at radius 2 is 2.00 bits per heavy atom.